The van der Waals surface area contributed by atoms with E-state index in [1.54, 1.807) is 7.05 Å². The van der Waals surface area contributed by atoms with Gasteiger partial charge in [0, 0.05) is 19.3 Å². The summed E-state index contributed by atoms with van der Waals surface area (Å²) in [5, 5.41) is 6.66. The first-order chi connectivity index (χ1) is 12.0. The fraction of sp³-hybridized carbons (Fsp3) is 0.619. The van der Waals surface area contributed by atoms with E-state index in [-0.39, 0.29) is 18.0 Å². The molecule has 1 amide bonds. The summed E-state index contributed by atoms with van der Waals surface area (Å²) >= 11 is 0. The van der Waals surface area contributed by atoms with E-state index in [0.717, 1.165) is 19.3 Å². The summed E-state index contributed by atoms with van der Waals surface area (Å²) in [4.78, 5) is 16.8. The average Bonchev–Trinajstić information content (AvgIpc) is 3.19. The molecule has 1 aromatic rings. The van der Waals surface area contributed by atoms with Crippen LogP contribution in [0.3, 0.4) is 0 Å². The van der Waals surface area contributed by atoms with Crippen LogP contribution in [0.5, 0.6) is 0 Å². The molecule has 2 bridgehead atoms. The molecular formula is C21H31N3O. The number of benzene rings is 1. The van der Waals surface area contributed by atoms with Gasteiger partial charge >= 0.3 is 0 Å². The highest BCUT2D eigenvalue weighted by Gasteiger charge is 2.42. The van der Waals surface area contributed by atoms with E-state index in [0.29, 0.717) is 17.9 Å². The van der Waals surface area contributed by atoms with Crippen molar-refractivity contribution in [2.75, 3.05) is 7.05 Å². The van der Waals surface area contributed by atoms with Crippen LogP contribution in [0.1, 0.15) is 44.2 Å². The van der Waals surface area contributed by atoms with Gasteiger partial charge in [-0.25, -0.2) is 0 Å². The van der Waals surface area contributed by atoms with Crippen molar-refractivity contribution in [3.05, 3.63) is 35.4 Å². The first-order valence-electron chi connectivity index (χ1n) is 9.61. The predicted octanol–water partition coefficient (Wildman–Crippen LogP) is 2.75. The number of rotatable bonds is 7. The number of fused-ring (bicyclic) bond motifs is 2. The van der Waals surface area contributed by atoms with Gasteiger partial charge < -0.3 is 10.6 Å². The van der Waals surface area contributed by atoms with E-state index in [2.05, 4.69) is 53.7 Å². The maximum absolute atomic E-state index is 12.7. The van der Waals surface area contributed by atoms with Gasteiger partial charge in [-0.3, -0.25) is 9.79 Å². The first kappa shape index (κ1) is 18.1. The Bertz CT molecular complexity index is 608. The Labute approximate surface area is 151 Å². The Kier molecular flexibility index (Phi) is 5.89. The second-order valence-corrected chi connectivity index (χ2v) is 8.06. The number of amides is 1. The minimum atomic E-state index is -0.0469. The van der Waals surface area contributed by atoms with Crippen molar-refractivity contribution in [2.45, 2.75) is 64.1 Å². The molecule has 1 saturated heterocycles. The summed E-state index contributed by atoms with van der Waals surface area (Å²) in [5.74, 6) is 1.31. The van der Waals surface area contributed by atoms with Gasteiger partial charge in [0.25, 0.3) is 0 Å². The number of hydrogen-bond donors (Lipinski definition) is 2. The SMILES string of the molecule is CN=CC(Cc1ccc(CC(C)C)cc1)NC(=O)C1NC2CCC1C2. The number of carbonyl (C=O) groups excluding carboxylic acids is 1. The van der Waals surface area contributed by atoms with Gasteiger partial charge in [0.05, 0.1) is 12.1 Å². The number of piperidine rings is 1. The number of carbonyl (C=O) groups is 1. The van der Waals surface area contributed by atoms with E-state index in [1.807, 2.05) is 6.21 Å². The largest absolute Gasteiger partial charge is 0.347 e. The van der Waals surface area contributed by atoms with Crippen LogP contribution in [-0.2, 0) is 17.6 Å². The van der Waals surface area contributed by atoms with Crippen molar-refractivity contribution in [3.8, 4) is 0 Å². The highest BCUT2D eigenvalue weighted by atomic mass is 16.2. The van der Waals surface area contributed by atoms with Crippen molar-refractivity contribution in [2.24, 2.45) is 16.8 Å². The summed E-state index contributed by atoms with van der Waals surface area (Å²) in [6, 6.07) is 9.25. The normalized spacial score (nSPS) is 26.5. The Balaban J connectivity index is 1.58. The predicted molar refractivity (Wildman–Crippen MR) is 103 cm³/mol. The highest BCUT2D eigenvalue weighted by molar-refractivity contribution is 5.86. The van der Waals surface area contributed by atoms with Crippen LogP contribution >= 0.6 is 0 Å². The molecule has 1 aliphatic carbocycles. The maximum Gasteiger partial charge on any atom is 0.237 e. The van der Waals surface area contributed by atoms with Gasteiger partial charge in [-0.1, -0.05) is 38.1 Å². The van der Waals surface area contributed by atoms with E-state index in [1.165, 1.54) is 24.0 Å². The fourth-order valence-corrected chi connectivity index (χ4v) is 4.28. The summed E-state index contributed by atoms with van der Waals surface area (Å²) in [7, 11) is 1.76. The lowest BCUT2D eigenvalue weighted by molar-refractivity contribution is -0.124. The number of nitrogens with one attached hydrogen (secondary N) is 2. The third-order valence-corrected chi connectivity index (χ3v) is 5.42. The number of nitrogens with zero attached hydrogens (tertiary/aromatic N) is 1. The molecule has 136 valence electrons. The number of hydrogen-bond acceptors (Lipinski definition) is 3. The molecule has 1 aromatic carbocycles. The van der Waals surface area contributed by atoms with Crippen molar-refractivity contribution >= 4 is 12.1 Å². The smallest absolute Gasteiger partial charge is 0.237 e. The molecule has 2 aliphatic rings. The molecule has 1 heterocycles. The maximum atomic E-state index is 12.7. The molecule has 4 unspecified atom stereocenters. The van der Waals surface area contributed by atoms with Gasteiger partial charge in [0.2, 0.25) is 5.91 Å². The van der Waals surface area contributed by atoms with E-state index < -0.39 is 0 Å². The molecule has 0 aromatic heterocycles. The quantitative estimate of drug-likeness (QED) is 0.749. The van der Waals surface area contributed by atoms with Crippen LogP contribution in [-0.4, -0.2) is 37.3 Å². The van der Waals surface area contributed by atoms with E-state index in [9.17, 15) is 4.79 Å². The summed E-state index contributed by atoms with van der Waals surface area (Å²) in [5.41, 5.74) is 2.60. The average molecular weight is 341 g/mol. The van der Waals surface area contributed by atoms with Crippen LogP contribution in [0.2, 0.25) is 0 Å². The van der Waals surface area contributed by atoms with Crippen molar-refractivity contribution in [1.82, 2.24) is 10.6 Å². The third-order valence-electron chi connectivity index (χ3n) is 5.42. The van der Waals surface area contributed by atoms with Gasteiger partial charge in [0.1, 0.15) is 0 Å². The Morgan fingerprint density at radius 1 is 1.24 bits per heavy atom. The van der Waals surface area contributed by atoms with Crippen LogP contribution in [0.25, 0.3) is 0 Å². The van der Waals surface area contributed by atoms with Crippen LogP contribution in [0, 0.1) is 11.8 Å². The molecule has 4 heteroatoms. The van der Waals surface area contributed by atoms with Crippen LogP contribution < -0.4 is 10.6 Å². The molecule has 1 saturated carbocycles. The van der Waals surface area contributed by atoms with Gasteiger partial charge in [0.15, 0.2) is 0 Å². The molecule has 2 fully saturated rings. The molecule has 4 nitrogen and oxygen atoms in total. The summed E-state index contributed by atoms with van der Waals surface area (Å²) < 4.78 is 0. The lowest BCUT2D eigenvalue weighted by atomic mass is 9.97. The molecule has 0 radical (unpaired) electrons. The summed E-state index contributed by atoms with van der Waals surface area (Å²) in [6.45, 7) is 4.47. The fourth-order valence-electron chi connectivity index (χ4n) is 4.28. The van der Waals surface area contributed by atoms with Crippen molar-refractivity contribution < 1.29 is 4.79 Å². The highest BCUT2D eigenvalue weighted by Crippen LogP contribution is 2.35. The van der Waals surface area contributed by atoms with Crippen molar-refractivity contribution in [3.63, 3.8) is 0 Å². The second kappa shape index (κ2) is 8.13. The zero-order valence-electron chi connectivity index (χ0n) is 15.7. The molecule has 3 rings (SSSR count). The zero-order valence-corrected chi connectivity index (χ0v) is 15.7. The van der Waals surface area contributed by atoms with E-state index >= 15 is 0 Å². The Morgan fingerprint density at radius 2 is 1.92 bits per heavy atom. The van der Waals surface area contributed by atoms with Crippen molar-refractivity contribution in [1.29, 1.82) is 0 Å². The minimum Gasteiger partial charge on any atom is -0.347 e. The number of aliphatic imine (C=N–C) groups is 1. The zero-order chi connectivity index (χ0) is 17.8. The molecular weight excluding hydrogens is 310 g/mol. The van der Waals surface area contributed by atoms with E-state index in [4.69, 9.17) is 0 Å². The van der Waals surface area contributed by atoms with Gasteiger partial charge in [-0.15, -0.1) is 0 Å². The first-order valence-corrected chi connectivity index (χ1v) is 9.61. The molecule has 1 aliphatic heterocycles. The third kappa shape index (κ3) is 4.69. The molecule has 25 heavy (non-hydrogen) atoms. The van der Waals surface area contributed by atoms with Gasteiger partial charge in [-0.2, -0.15) is 0 Å². The second-order valence-electron chi connectivity index (χ2n) is 8.06. The topological polar surface area (TPSA) is 53.5 Å². The van der Waals surface area contributed by atoms with Crippen LogP contribution in [0.15, 0.2) is 29.3 Å². The Hall–Kier alpha value is -1.68. The summed E-state index contributed by atoms with van der Waals surface area (Å²) in [6.07, 6.45) is 7.30. The minimum absolute atomic E-state index is 0.0140. The standard InChI is InChI=1S/C21H31N3O/c1-14(2)10-15-4-6-16(7-5-15)11-19(13-22-3)24-21(25)20-17-8-9-18(12-17)23-20/h4-7,13-14,17-20,23H,8-12H2,1-3H3,(H,24,25). The Morgan fingerprint density at radius 3 is 2.44 bits per heavy atom. The van der Waals surface area contributed by atoms with Gasteiger partial charge in [-0.05, 0) is 55.1 Å². The van der Waals surface area contributed by atoms with Crippen LogP contribution in [0.4, 0.5) is 0 Å². The molecule has 0 spiro atoms. The molecule has 4 atom stereocenters. The monoisotopic (exact) mass is 341 g/mol. The lowest BCUT2D eigenvalue weighted by Gasteiger charge is -2.24. The lowest BCUT2D eigenvalue weighted by Crippen LogP contribution is -2.51. The molecule has 2 N–H and O–H groups in total.